The summed E-state index contributed by atoms with van der Waals surface area (Å²) < 4.78 is 12.1. The number of nitriles is 1. The molecule has 0 fully saturated rings. The van der Waals surface area contributed by atoms with Crippen LogP contribution in [0.1, 0.15) is 16.8 Å². The number of aryl methyl sites for hydroxylation is 1. The highest BCUT2D eigenvalue weighted by atomic mass is 16.5. The lowest BCUT2D eigenvalue weighted by molar-refractivity contribution is 0.0601. The van der Waals surface area contributed by atoms with Crippen LogP contribution in [0.3, 0.4) is 0 Å². The summed E-state index contributed by atoms with van der Waals surface area (Å²) in [5.74, 6) is 0.0102. The van der Waals surface area contributed by atoms with E-state index in [1.54, 1.807) is 10.9 Å². The van der Waals surface area contributed by atoms with Crippen LogP contribution in [0.15, 0.2) is 40.9 Å². The molecule has 0 N–H and O–H groups in total. The van der Waals surface area contributed by atoms with Crippen molar-refractivity contribution in [3.8, 4) is 17.5 Å². The molecule has 0 atom stereocenters. The van der Waals surface area contributed by atoms with Crippen LogP contribution in [0, 0.1) is 11.3 Å². The number of aromatic nitrogens is 2. The number of benzene rings is 1. The van der Waals surface area contributed by atoms with Crippen molar-refractivity contribution in [2.24, 2.45) is 0 Å². The van der Waals surface area contributed by atoms with Gasteiger partial charge in [0.2, 0.25) is 0 Å². The second-order valence-electron chi connectivity index (χ2n) is 4.70. The Balaban J connectivity index is 2.09. The molecule has 110 valence electrons. The van der Waals surface area contributed by atoms with Gasteiger partial charge >= 0.3 is 5.97 Å². The lowest BCUT2D eigenvalue weighted by Crippen LogP contribution is -2.01. The van der Waals surface area contributed by atoms with E-state index in [-0.39, 0.29) is 0 Å². The summed E-state index contributed by atoms with van der Waals surface area (Å²) in [7, 11) is 1.32. The number of carbonyl (C=O) groups excluding carboxylic acids is 1. The summed E-state index contributed by atoms with van der Waals surface area (Å²) >= 11 is 0. The quantitative estimate of drug-likeness (QED) is 0.691. The van der Waals surface area contributed by atoms with Crippen molar-refractivity contribution in [1.29, 1.82) is 5.26 Å². The minimum atomic E-state index is -0.487. The van der Waals surface area contributed by atoms with Crippen LogP contribution in [0.5, 0.6) is 0 Å². The molecule has 0 aliphatic carbocycles. The fraction of sp³-hybridized carbons (Fsp3) is 0.188. The number of hydrogen-bond acceptors (Lipinski definition) is 5. The largest absolute Gasteiger partial charge is 0.465 e. The Morgan fingerprint density at radius 3 is 3.00 bits per heavy atom. The van der Waals surface area contributed by atoms with Gasteiger partial charge < -0.3 is 9.15 Å². The van der Waals surface area contributed by atoms with Crippen molar-refractivity contribution in [3.05, 3.63) is 42.1 Å². The summed E-state index contributed by atoms with van der Waals surface area (Å²) in [5.41, 5.74) is 1.46. The Morgan fingerprint density at radius 2 is 2.27 bits per heavy atom. The number of para-hydroxylation sites is 1. The van der Waals surface area contributed by atoms with Crippen LogP contribution in [0.2, 0.25) is 0 Å². The van der Waals surface area contributed by atoms with Gasteiger partial charge in [0.15, 0.2) is 5.76 Å². The first-order valence-electron chi connectivity index (χ1n) is 6.74. The first-order valence-corrected chi connectivity index (χ1v) is 6.74. The van der Waals surface area contributed by atoms with Gasteiger partial charge in [-0.2, -0.15) is 10.4 Å². The zero-order valence-corrected chi connectivity index (χ0v) is 11.9. The van der Waals surface area contributed by atoms with Gasteiger partial charge in [0.1, 0.15) is 16.8 Å². The van der Waals surface area contributed by atoms with Gasteiger partial charge in [-0.25, -0.2) is 4.79 Å². The molecule has 0 saturated heterocycles. The Hall–Kier alpha value is -3.07. The summed E-state index contributed by atoms with van der Waals surface area (Å²) in [5, 5.41) is 14.0. The minimum Gasteiger partial charge on any atom is -0.465 e. The molecule has 0 radical (unpaired) electrons. The monoisotopic (exact) mass is 295 g/mol. The number of nitrogens with zero attached hydrogens (tertiary/aromatic N) is 3. The molecule has 2 heterocycles. The number of ether oxygens (including phenoxy) is 1. The van der Waals surface area contributed by atoms with Crippen LogP contribution < -0.4 is 0 Å². The second kappa shape index (κ2) is 5.74. The standard InChI is InChI=1S/C16H13N3O3/c1-21-16(20)12-10-19(8-4-7-17)18-15(12)14-9-11-5-2-3-6-13(11)22-14/h2-3,5-6,9-10H,4,8H2,1H3. The SMILES string of the molecule is COC(=O)c1cn(CCC#N)nc1-c1cc2ccccc2o1. The first kappa shape index (κ1) is 13.9. The van der Waals surface area contributed by atoms with Crippen molar-refractivity contribution in [1.82, 2.24) is 9.78 Å². The fourth-order valence-electron chi connectivity index (χ4n) is 2.24. The normalized spacial score (nSPS) is 10.5. The molecule has 0 aliphatic rings. The molecule has 0 spiro atoms. The number of carbonyl (C=O) groups is 1. The Morgan fingerprint density at radius 1 is 1.45 bits per heavy atom. The first-order chi connectivity index (χ1) is 10.7. The van der Waals surface area contributed by atoms with Crippen LogP contribution in [0.4, 0.5) is 0 Å². The highest BCUT2D eigenvalue weighted by Crippen LogP contribution is 2.29. The Kier molecular flexibility index (Phi) is 3.62. The lowest BCUT2D eigenvalue weighted by atomic mass is 10.2. The topological polar surface area (TPSA) is 81.0 Å². The van der Waals surface area contributed by atoms with Gasteiger partial charge in [0.25, 0.3) is 0 Å². The summed E-state index contributed by atoms with van der Waals surface area (Å²) in [6, 6.07) is 11.4. The van der Waals surface area contributed by atoms with E-state index in [4.69, 9.17) is 14.4 Å². The van der Waals surface area contributed by atoms with Gasteiger partial charge in [-0.1, -0.05) is 18.2 Å². The molecular weight excluding hydrogens is 282 g/mol. The molecule has 1 aromatic carbocycles. The number of furan rings is 1. The number of fused-ring (bicyclic) bond motifs is 1. The Labute approximate surface area is 126 Å². The zero-order chi connectivity index (χ0) is 15.5. The molecule has 0 amide bonds. The Bertz CT molecular complexity index is 837. The molecule has 0 aliphatic heterocycles. The number of rotatable bonds is 4. The van der Waals surface area contributed by atoms with E-state index in [0.29, 0.717) is 30.0 Å². The lowest BCUT2D eigenvalue weighted by Gasteiger charge is -1.96. The molecule has 0 bridgehead atoms. The summed E-state index contributed by atoms with van der Waals surface area (Å²) in [6.45, 7) is 0.403. The average Bonchev–Trinajstić information content (AvgIpc) is 3.15. The van der Waals surface area contributed by atoms with E-state index < -0.39 is 5.97 Å². The minimum absolute atomic E-state index is 0.307. The third-order valence-corrected chi connectivity index (χ3v) is 3.28. The number of hydrogen-bond donors (Lipinski definition) is 0. The van der Waals surface area contributed by atoms with Crippen LogP contribution >= 0.6 is 0 Å². The van der Waals surface area contributed by atoms with E-state index in [9.17, 15) is 4.79 Å². The maximum absolute atomic E-state index is 11.9. The molecule has 3 aromatic rings. The maximum atomic E-state index is 11.9. The predicted octanol–water partition coefficient (Wildman–Crippen LogP) is 3.00. The maximum Gasteiger partial charge on any atom is 0.341 e. The summed E-state index contributed by atoms with van der Waals surface area (Å²) in [6.07, 6.45) is 1.88. The van der Waals surface area contributed by atoms with E-state index >= 15 is 0 Å². The predicted molar refractivity (Wildman–Crippen MR) is 79.0 cm³/mol. The molecule has 2 aromatic heterocycles. The molecule has 22 heavy (non-hydrogen) atoms. The third-order valence-electron chi connectivity index (χ3n) is 3.28. The number of esters is 1. The van der Waals surface area contributed by atoms with Crippen molar-refractivity contribution >= 4 is 16.9 Å². The smallest absolute Gasteiger partial charge is 0.341 e. The van der Waals surface area contributed by atoms with E-state index in [1.165, 1.54) is 7.11 Å². The average molecular weight is 295 g/mol. The van der Waals surface area contributed by atoms with Gasteiger partial charge in [0.05, 0.1) is 26.1 Å². The molecule has 0 unspecified atom stereocenters. The van der Waals surface area contributed by atoms with Gasteiger partial charge in [0, 0.05) is 11.6 Å². The van der Waals surface area contributed by atoms with Gasteiger partial charge in [-0.3, -0.25) is 4.68 Å². The van der Waals surface area contributed by atoms with Crippen molar-refractivity contribution in [3.63, 3.8) is 0 Å². The zero-order valence-electron chi connectivity index (χ0n) is 11.9. The van der Waals surface area contributed by atoms with Crippen molar-refractivity contribution in [2.75, 3.05) is 7.11 Å². The third kappa shape index (κ3) is 2.44. The molecule has 0 saturated carbocycles. The van der Waals surface area contributed by atoms with Crippen molar-refractivity contribution in [2.45, 2.75) is 13.0 Å². The van der Waals surface area contributed by atoms with Gasteiger partial charge in [-0.05, 0) is 12.1 Å². The van der Waals surface area contributed by atoms with Crippen LogP contribution in [-0.2, 0) is 11.3 Å². The number of methoxy groups -OCH3 is 1. The molecule has 3 rings (SSSR count). The molecular formula is C16H13N3O3. The van der Waals surface area contributed by atoms with Crippen LogP contribution in [-0.4, -0.2) is 22.9 Å². The van der Waals surface area contributed by atoms with E-state index in [0.717, 1.165) is 11.0 Å². The molecule has 6 heteroatoms. The van der Waals surface area contributed by atoms with Crippen molar-refractivity contribution < 1.29 is 13.9 Å². The molecule has 6 nitrogen and oxygen atoms in total. The highest BCUT2D eigenvalue weighted by Gasteiger charge is 2.21. The highest BCUT2D eigenvalue weighted by molar-refractivity contribution is 5.96. The fourth-order valence-corrected chi connectivity index (χ4v) is 2.24. The van der Waals surface area contributed by atoms with E-state index in [1.807, 2.05) is 36.4 Å². The second-order valence-corrected chi connectivity index (χ2v) is 4.70. The van der Waals surface area contributed by atoms with Gasteiger partial charge in [-0.15, -0.1) is 0 Å². The summed E-state index contributed by atoms with van der Waals surface area (Å²) in [4.78, 5) is 11.9. The van der Waals surface area contributed by atoms with E-state index in [2.05, 4.69) is 5.10 Å². The van der Waals surface area contributed by atoms with Crippen LogP contribution in [0.25, 0.3) is 22.4 Å².